The van der Waals surface area contributed by atoms with Crippen LogP contribution in [0.5, 0.6) is 5.88 Å². The summed E-state index contributed by atoms with van der Waals surface area (Å²) in [7, 11) is -2.07. The highest BCUT2D eigenvalue weighted by Crippen LogP contribution is 2.45. The lowest BCUT2D eigenvalue weighted by Crippen LogP contribution is -2.47. The maximum atomic E-state index is 6.85. The number of ether oxygens (including phenoxy) is 4. The van der Waals surface area contributed by atoms with Gasteiger partial charge in [0.1, 0.15) is 36.6 Å². The molecule has 0 aliphatic carbocycles. The van der Waals surface area contributed by atoms with Gasteiger partial charge in [-0.15, -0.1) is 0 Å². The van der Waals surface area contributed by atoms with E-state index in [1.165, 1.54) is 0 Å². The van der Waals surface area contributed by atoms with E-state index in [1.807, 2.05) is 62.4 Å². The molecule has 11 heteroatoms. The van der Waals surface area contributed by atoms with E-state index in [9.17, 15) is 0 Å². The van der Waals surface area contributed by atoms with E-state index in [0.717, 1.165) is 38.9 Å². The summed E-state index contributed by atoms with van der Waals surface area (Å²) in [6.45, 7) is 18.1. The molecular weight excluding hydrogens is 767 g/mol. The highest BCUT2D eigenvalue weighted by Gasteiger charge is 2.55. The standard InChI is InChI=1S/C49H59N5O5Si/c1-48(2,3)60(6,7)57-33-40-44-45(59-49(4,5)58-44)42(50-40)39-30-54(34-55-31-37-24-16-10-17-25-37)43-41(39)51-47(52-46(43)56-32-38-26-18-11-19-27-38)53(28-35-20-12-8-13-21-35)29-36-22-14-9-15-23-36/h8-27,30,40,42,44-45,50H,28-29,31-34H2,1-7H3/t40-,42+,44-,45+/m1/s1. The predicted octanol–water partition coefficient (Wildman–Crippen LogP) is 9.95. The second-order valence-electron chi connectivity index (χ2n) is 18.0. The highest BCUT2D eigenvalue weighted by molar-refractivity contribution is 6.74. The third kappa shape index (κ3) is 9.52. The Morgan fingerprint density at radius 3 is 1.83 bits per heavy atom. The monoisotopic (exact) mass is 825 g/mol. The van der Waals surface area contributed by atoms with Crippen molar-refractivity contribution in [3.05, 3.63) is 155 Å². The summed E-state index contributed by atoms with van der Waals surface area (Å²) in [5.74, 6) is 0.281. The minimum absolute atomic E-state index is 0.0682. The van der Waals surface area contributed by atoms with E-state index < -0.39 is 14.1 Å². The van der Waals surface area contributed by atoms with E-state index in [2.05, 4.69) is 128 Å². The quantitative estimate of drug-likeness (QED) is 0.0958. The van der Waals surface area contributed by atoms with Gasteiger partial charge in [-0.2, -0.15) is 4.98 Å². The number of hydrogen-bond donors (Lipinski definition) is 1. The molecule has 10 nitrogen and oxygen atoms in total. The number of anilines is 1. The summed E-state index contributed by atoms with van der Waals surface area (Å²) in [4.78, 5) is 13.0. The van der Waals surface area contributed by atoms with Crippen molar-refractivity contribution in [2.75, 3.05) is 11.5 Å². The van der Waals surface area contributed by atoms with Crippen molar-refractivity contribution in [3.63, 3.8) is 0 Å². The van der Waals surface area contributed by atoms with Crippen LogP contribution in [0.15, 0.2) is 128 Å². The molecule has 2 aliphatic heterocycles. The highest BCUT2D eigenvalue weighted by atomic mass is 28.4. The van der Waals surface area contributed by atoms with Gasteiger partial charge in [0.05, 0.1) is 25.3 Å². The van der Waals surface area contributed by atoms with Crippen LogP contribution in [-0.2, 0) is 51.7 Å². The molecule has 314 valence electrons. The maximum absolute atomic E-state index is 6.85. The first-order valence-electron chi connectivity index (χ1n) is 21.1. The van der Waals surface area contributed by atoms with Crippen molar-refractivity contribution in [2.45, 2.75) is 116 Å². The summed E-state index contributed by atoms with van der Waals surface area (Å²) in [5, 5.41) is 4.01. The van der Waals surface area contributed by atoms with Crippen LogP contribution in [0, 0.1) is 0 Å². The maximum Gasteiger partial charge on any atom is 0.243 e. The van der Waals surface area contributed by atoms with E-state index in [4.69, 9.17) is 33.3 Å². The Bertz CT molecular complexity index is 2280. The van der Waals surface area contributed by atoms with Gasteiger partial charge in [-0.1, -0.05) is 142 Å². The van der Waals surface area contributed by atoms with Gasteiger partial charge in [-0.05, 0) is 54.2 Å². The Hall–Kier alpha value is -4.88. The summed E-state index contributed by atoms with van der Waals surface area (Å²) >= 11 is 0. The van der Waals surface area contributed by atoms with Crippen LogP contribution in [-0.4, -0.2) is 53.5 Å². The van der Waals surface area contributed by atoms with Gasteiger partial charge < -0.3 is 38.2 Å². The van der Waals surface area contributed by atoms with Crippen molar-refractivity contribution in [1.82, 2.24) is 19.9 Å². The Morgan fingerprint density at radius 2 is 1.27 bits per heavy atom. The third-order valence-electron chi connectivity index (χ3n) is 12.0. The first-order valence-corrected chi connectivity index (χ1v) is 24.0. The molecule has 4 aromatic carbocycles. The van der Waals surface area contributed by atoms with Crippen LogP contribution >= 0.6 is 0 Å². The molecular formula is C49H59N5O5Si. The van der Waals surface area contributed by atoms with Crippen molar-refractivity contribution in [3.8, 4) is 5.88 Å². The molecule has 8 rings (SSSR count). The molecule has 0 radical (unpaired) electrons. The number of nitrogens with zero attached hydrogens (tertiary/aromatic N) is 4. The van der Waals surface area contributed by atoms with Crippen LogP contribution in [0.25, 0.3) is 11.0 Å². The van der Waals surface area contributed by atoms with E-state index in [0.29, 0.717) is 44.7 Å². The number of hydrogen-bond acceptors (Lipinski definition) is 9. The molecule has 2 saturated heterocycles. The Kier molecular flexibility index (Phi) is 12.3. The van der Waals surface area contributed by atoms with E-state index >= 15 is 0 Å². The van der Waals surface area contributed by atoms with Gasteiger partial charge in [0.25, 0.3) is 0 Å². The lowest BCUT2D eigenvalue weighted by molar-refractivity contribution is -0.157. The van der Waals surface area contributed by atoms with Crippen LogP contribution in [0.4, 0.5) is 5.95 Å². The first kappa shape index (κ1) is 41.8. The molecule has 4 atom stereocenters. The molecule has 2 aliphatic rings. The molecule has 0 saturated carbocycles. The molecule has 60 heavy (non-hydrogen) atoms. The van der Waals surface area contributed by atoms with Crippen molar-refractivity contribution in [2.24, 2.45) is 0 Å². The molecule has 4 heterocycles. The topological polar surface area (TPSA) is 92.1 Å². The summed E-state index contributed by atoms with van der Waals surface area (Å²) in [6, 6.07) is 41.0. The minimum atomic E-state index is -2.07. The zero-order valence-electron chi connectivity index (χ0n) is 36.0. The van der Waals surface area contributed by atoms with Gasteiger partial charge >= 0.3 is 0 Å². The summed E-state index contributed by atoms with van der Waals surface area (Å²) in [5.41, 5.74) is 6.93. The Morgan fingerprint density at radius 1 is 0.733 bits per heavy atom. The Balaban J connectivity index is 1.25. The van der Waals surface area contributed by atoms with E-state index in [1.54, 1.807) is 0 Å². The predicted molar refractivity (Wildman–Crippen MR) is 239 cm³/mol. The molecule has 1 N–H and O–H groups in total. The second-order valence-corrected chi connectivity index (χ2v) is 22.8. The zero-order chi connectivity index (χ0) is 41.9. The number of nitrogens with one attached hydrogen (secondary N) is 1. The van der Waals surface area contributed by atoms with Crippen LogP contribution in [0.1, 0.15) is 68.5 Å². The number of aromatic nitrogens is 3. The lowest BCUT2D eigenvalue weighted by atomic mass is 10.0. The van der Waals surface area contributed by atoms with Crippen molar-refractivity contribution in [1.29, 1.82) is 0 Å². The fourth-order valence-electron chi connectivity index (χ4n) is 7.85. The van der Waals surface area contributed by atoms with Crippen LogP contribution < -0.4 is 15.0 Å². The van der Waals surface area contributed by atoms with Crippen LogP contribution in [0.2, 0.25) is 18.1 Å². The van der Waals surface area contributed by atoms with Gasteiger partial charge in [0.2, 0.25) is 11.8 Å². The SMILES string of the molecule is CC1(C)O[C@@H]2[C@H](O1)[C@@H](CO[Si](C)(C)C(C)(C)C)N[C@H]2c1cn(COCc2ccccc2)c2c(OCc3ccccc3)nc(N(Cc3ccccc3)Cc3ccccc3)nc12. The lowest BCUT2D eigenvalue weighted by Gasteiger charge is -2.37. The van der Waals surface area contributed by atoms with Crippen LogP contribution in [0.3, 0.4) is 0 Å². The van der Waals surface area contributed by atoms with E-state index in [-0.39, 0.29) is 36.1 Å². The molecule has 2 aromatic heterocycles. The molecule has 6 aromatic rings. The average molecular weight is 826 g/mol. The first-order chi connectivity index (χ1) is 28.8. The fraction of sp³-hybridized carbons (Fsp3) is 0.388. The minimum Gasteiger partial charge on any atom is -0.471 e. The average Bonchev–Trinajstić information content (AvgIpc) is 3.87. The van der Waals surface area contributed by atoms with Crippen molar-refractivity contribution < 1.29 is 23.4 Å². The summed E-state index contributed by atoms with van der Waals surface area (Å²) in [6.07, 6.45) is 1.61. The fourth-order valence-corrected chi connectivity index (χ4v) is 8.88. The van der Waals surface area contributed by atoms with Gasteiger partial charge in [0, 0.05) is 24.8 Å². The normalized spacial score (nSPS) is 20.1. The number of fused-ring (bicyclic) bond motifs is 2. The third-order valence-corrected chi connectivity index (χ3v) is 16.5. The van der Waals surface area contributed by atoms with Gasteiger partial charge in [-0.25, -0.2) is 4.98 Å². The smallest absolute Gasteiger partial charge is 0.243 e. The molecule has 0 spiro atoms. The molecule has 0 bridgehead atoms. The number of benzene rings is 4. The molecule has 0 amide bonds. The molecule has 2 fully saturated rings. The van der Waals surface area contributed by atoms with Gasteiger partial charge in [-0.3, -0.25) is 0 Å². The second kappa shape index (κ2) is 17.6. The van der Waals surface area contributed by atoms with Gasteiger partial charge in [0.15, 0.2) is 14.1 Å². The van der Waals surface area contributed by atoms with Crippen molar-refractivity contribution >= 4 is 25.3 Å². The largest absolute Gasteiger partial charge is 0.471 e. The number of rotatable bonds is 16. The summed E-state index contributed by atoms with van der Waals surface area (Å²) < 4.78 is 35.6. The molecule has 0 unspecified atom stereocenters. The Labute approximate surface area is 356 Å². The zero-order valence-corrected chi connectivity index (χ0v) is 37.0.